The van der Waals surface area contributed by atoms with Gasteiger partial charge in [-0.25, -0.2) is 8.78 Å². The van der Waals surface area contributed by atoms with Gasteiger partial charge in [0.05, 0.1) is 22.4 Å². The highest BCUT2D eigenvalue weighted by Gasteiger charge is 2.18. The SMILES string of the molecule is CCn1ncc(Br)c1C(N)c1ccc(F)c(F)c1. The second kappa shape index (κ2) is 5.16. The van der Waals surface area contributed by atoms with Crippen molar-refractivity contribution in [3.8, 4) is 0 Å². The van der Waals surface area contributed by atoms with Crippen LogP contribution in [0.4, 0.5) is 8.78 Å². The molecular formula is C12H12BrF2N3. The molecule has 1 heterocycles. The van der Waals surface area contributed by atoms with E-state index in [9.17, 15) is 8.78 Å². The van der Waals surface area contributed by atoms with Gasteiger partial charge in [0.15, 0.2) is 11.6 Å². The Balaban J connectivity index is 2.44. The topological polar surface area (TPSA) is 43.8 Å². The molecule has 18 heavy (non-hydrogen) atoms. The molecule has 1 aromatic carbocycles. The first kappa shape index (κ1) is 13.2. The van der Waals surface area contributed by atoms with E-state index < -0.39 is 17.7 Å². The summed E-state index contributed by atoms with van der Waals surface area (Å²) >= 11 is 3.36. The highest BCUT2D eigenvalue weighted by atomic mass is 79.9. The average molecular weight is 316 g/mol. The van der Waals surface area contributed by atoms with Crippen LogP contribution < -0.4 is 5.73 Å². The highest BCUT2D eigenvalue weighted by molar-refractivity contribution is 9.10. The number of benzene rings is 1. The Hall–Kier alpha value is -1.27. The van der Waals surface area contributed by atoms with E-state index in [-0.39, 0.29) is 0 Å². The van der Waals surface area contributed by atoms with Crippen molar-refractivity contribution in [1.82, 2.24) is 9.78 Å². The summed E-state index contributed by atoms with van der Waals surface area (Å²) in [6, 6.07) is 3.10. The predicted molar refractivity (Wildman–Crippen MR) is 68.0 cm³/mol. The summed E-state index contributed by atoms with van der Waals surface area (Å²) in [5.41, 5.74) is 7.32. The number of hydrogen-bond acceptors (Lipinski definition) is 2. The lowest BCUT2D eigenvalue weighted by atomic mass is 10.0. The molecule has 0 saturated carbocycles. The summed E-state index contributed by atoms with van der Waals surface area (Å²) in [5, 5.41) is 4.14. The van der Waals surface area contributed by atoms with Crippen LogP contribution in [0.3, 0.4) is 0 Å². The maximum Gasteiger partial charge on any atom is 0.159 e. The summed E-state index contributed by atoms with van der Waals surface area (Å²) in [6.45, 7) is 2.58. The molecule has 2 rings (SSSR count). The largest absolute Gasteiger partial charge is 0.319 e. The fraction of sp³-hybridized carbons (Fsp3) is 0.250. The summed E-state index contributed by atoms with van der Waals surface area (Å²) in [4.78, 5) is 0. The average Bonchev–Trinajstić information content (AvgIpc) is 2.73. The van der Waals surface area contributed by atoms with Gasteiger partial charge in [-0.1, -0.05) is 6.07 Å². The standard InChI is InChI=1S/C12H12BrF2N3/c1-2-18-12(8(13)6-17-18)11(16)7-3-4-9(14)10(15)5-7/h3-6,11H,2,16H2,1H3. The molecule has 0 fully saturated rings. The summed E-state index contributed by atoms with van der Waals surface area (Å²) in [6.07, 6.45) is 1.64. The molecule has 3 nitrogen and oxygen atoms in total. The summed E-state index contributed by atoms with van der Waals surface area (Å²) in [5.74, 6) is -1.78. The Morgan fingerprint density at radius 2 is 2.11 bits per heavy atom. The van der Waals surface area contributed by atoms with Crippen LogP contribution in [0.25, 0.3) is 0 Å². The minimum Gasteiger partial charge on any atom is -0.319 e. The van der Waals surface area contributed by atoms with Crippen molar-refractivity contribution >= 4 is 15.9 Å². The maximum atomic E-state index is 13.2. The third-order valence-electron chi connectivity index (χ3n) is 2.73. The molecule has 0 aliphatic heterocycles. The Morgan fingerprint density at radius 1 is 1.39 bits per heavy atom. The Labute approximate surface area is 112 Å². The Kier molecular flexibility index (Phi) is 3.77. The van der Waals surface area contributed by atoms with Gasteiger partial charge in [-0.15, -0.1) is 0 Å². The van der Waals surface area contributed by atoms with E-state index in [0.717, 1.165) is 22.3 Å². The monoisotopic (exact) mass is 315 g/mol. The molecular weight excluding hydrogens is 304 g/mol. The smallest absolute Gasteiger partial charge is 0.159 e. The summed E-state index contributed by atoms with van der Waals surface area (Å²) < 4.78 is 28.6. The molecule has 96 valence electrons. The molecule has 1 aromatic heterocycles. The Morgan fingerprint density at radius 3 is 2.72 bits per heavy atom. The number of nitrogens with two attached hydrogens (primary N) is 1. The van der Waals surface area contributed by atoms with Crippen molar-refractivity contribution in [3.05, 3.63) is 51.8 Å². The van der Waals surface area contributed by atoms with Crippen molar-refractivity contribution in [1.29, 1.82) is 0 Å². The van der Waals surface area contributed by atoms with E-state index in [1.165, 1.54) is 6.07 Å². The van der Waals surface area contributed by atoms with E-state index in [1.807, 2.05) is 6.92 Å². The zero-order valence-corrected chi connectivity index (χ0v) is 11.3. The number of aromatic nitrogens is 2. The first-order valence-corrected chi connectivity index (χ1v) is 6.25. The molecule has 0 spiro atoms. The normalized spacial score (nSPS) is 12.7. The Bertz CT molecular complexity index is 568. The number of hydrogen-bond donors (Lipinski definition) is 1. The van der Waals surface area contributed by atoms with Gasteiger partial charge in [0.2, 0.25) is 0 Å². The van der Waals surface area contributed by atoms with Crippen LogP contribution in [0.2, 0.25) is 0 Å². The fourth-order valence-corrected chi connectivity index (χ4v) is 2.34. The number of nitrogens with zero attached hydrogens (tertiary/aromatic N) is 2. The lowest BCUT2D eigenvalue weighted by Gasteiger charge is -2.15. The van der Waals surface area contributed by atoms with Gasteiger partial charge >= 0.3 is 0 Å². The van der Waals surface area contributed by atoms with Gasteiger partial charge in [0.1, 0.15) is 0 Å². The molecule has 0 amide bonds. The highest BCUT2D eigenvalue weighted by Crippen LogP contribution is 2.27. The van der Waals surface area contributed by atoms with Crippen molar-refractivity contribution in [2.24, 2.45) is 5.73 Å². The van der Waals surface area contributed by atoms with E-state index in [2.05, 4.69) is 21.0 Å². The van der Waals surface area contributed by atoms with Crippen LogP contribution in [-0.2, 0) is 6.54 Å². The van der Waals surface area contributed by atoms with Gasteiger partial charge < -0.3 is 5.73 Å². The van der Waals surface area contributed by atoms with Crippen molar-refractivity contribution in [2.75, 3.05) is 0 Å². The fourth-order valence-electron chi connectivity index (χ4n) is 1.80. The van der Waals surface area contributed by atoms with Crippen LogP contribution >= 0.6 is 15.9 Å². The van der Waals surface area contributed by atoms with Gasteiger partial charge in [0.25, 0.3) is 0 Å². The van der Waals surface area contributed by atoms with Crippen LogP contribution in [-0.4, -0.2) is 9.78 Å². The zero-order chi connectivity index (χ0) is 13.3. The maximum absolute atomic E-state index is 13.2. The minimum atomic E-state index is -0.901. The van der Waals surface area contributed by atoms with Gasteiger partial charge in [-0.3, -0.25) is 4.68 Å². The third kappa shape index (κ3) is 2.30. The molecule has 0 aliphatic rings. The van der Waals surface area contributed by atoms with Gasteiger partial charge in [-0.05, 0) is 40.5 Å². The molecule has 0 radical (unpaired) electrons. The molecule has 2 N–H and O–H groups in total. The first-order chi connectivity index (χ1) is 8.54. The van der Waals surface area contributed by atoms with Gasteiger partial charge in [0, 0.05) is 6.54 Å². The first-order valence-electron chi connectivity index (χ1n) is 5.46. The van der Waals surface area contributed by atoms with Crippen molar-refractivity contribution in [3.63, 3.8) is 0 Å². The molecule has 0 bridgehead atoms. The third-order valence-corrected chi connectivity index (χ3v) is 3.34. The van der Waals surface area contributed by atoms with Crippen LogP contribution in [0.1, 0.15) is 24.2 Å². The molecule has 1 unspecified atom stereocenters. The number of halogens is 3. The second-order valence-electron chi connectivity index (χ2n) is 3.84. The molecule has 0 saturated heterocycles. The van der Waals surface area contributed by atoms with E-state index in [0.29, 0.717) is 12.1 Å². The molecule has 6 heteroatoms. The number of aryl methyl sites for hydroxylation is 1. The molecule has 0 aliphatic carbocycles. The molecule has 1 atom stereocenters. The van der Waals surface area contributed by atoms with Crippen LogP contribution in [0.5, 0.6) is 0 Å². The number of rotatable bonds is 3. The quantitative estimate of drug-likeness (QED) is 0.946. The lowest BCUT2D eigenvalue weighted by Crippen LogP contribution is -2.18. The summed E-state index contributed by atoms with van der Waals surface area (Å²) in [7, 11) is 0. The second-order valence-corrected chi connectivity index (χ2v) is 4.70. The van der Waals surface area contributed by atoms with E-state index in [1.54, 1.807) is 10.9 Å². The molecule has 2 aromatic rings. The van der Waals surface area contributed by atoms with Gasteiger partial charge in [-0.2, -0.15) is 5.10 Å². The lowest BCUT2D eigenvalue weighted by molar-refractivity contribution is 0.505. The van der Waals surface area contributed by atoms with E-state index in [4.69, 9.17) is 5.73 Å². The predicted octanol–water partition coefficient (Wildman–Crippen LogP) is 2.99. The van der Waals surface area contributed by atoms with Crippen LogP contribution in [0.15, 0.2) is 28.9 Å². The minimum absolute atomic E-state index is 0.504. The van der Waals surface area contributed by atoms with E-state index >= 15 is 0 Å². The van der Waals surface area contributed by atoms with Crippen molar-refractivity contribution in [2.45, 2.75) is 19.5 Å². The zero-order valence-electron chi connectivity index (χ0n) is 9.70. The van der Waals surface area contributed by atoms with Crippen LogP contribution in [0, 0.1) is 11.6 Å². The van der Waals surface area contributed by atoms with Crippen molar-refractivity contribution < 1.29 is 8.78 Å².